The first-order valence-electron chi connectivity index (χ1n) is 35.2. The van der Waals surface area contributed by atoms with Gasteiger partial charge >= 0.3 is 11.9 Å². The Hall–Kier alpha value is -11.4. The molecule has 2 heterocycles. The monoisotopic (exact) mass is 1520 g/mol. The van der Waals surface area contributed by atoms with Gasteiger partial charge in [-0.1, -0.05) is 73.2 Å². The number of aliphatic hydroxyl groups excluding tert-OH is 3. The number of nitrogens with two attached hydrogens (primary N) is 2. The van der Waals surface area contributed by atoms with E-state index in [1.54, 1.807) is 43.5 Å². The maximum absolute atomic E-state index is 15.5. The van der Waals surface area contributed by atoms with Crippen molar-refractivity contribution in [1.82, 2.24) is 62.7 Å². The molecule has 19 N–H and O–H groups in total. The van der Waals surface area contributed by atoms with E-state index in [0.29, 0.717) is 35.6 Å². The Morgan fingerprint density at radius 1 is 0.725 bits per heavy atom. The molecule has 0 bridgehead atoms. The van der Waals surface area contributed by atoms with Gasteiger partial charge in [0.05, 0.1) is 57.9 Å². The number of aliphatic carboxylic acids is 2. The lowest BCUT2D eigenvalue weighted by Crippen LogP contribution is -2.67. The third-order valence-electron chi connectivity index (χ3n) is 18.4. The third kappa shape index (κ3) is 24.5. The van der Waals surface area contributed by atoms with E-state index in [1.165, 1.54) is 42.5 Å². The van der Waals surface area contributed by atoms with E-state index in [1.807, 2.05) is 45.0 Å². The van der Waals surface area contributed by atoms with Crippen LogP contribution in [0.1, 0.15) is 107 Å². The topological polar surface area (TPSA) is 534 Å². The summed E-state index contributed by atoms with van der Waals surface area (Å²) in [5, 5.41) is 73.0. The van der Waals surface area contributed by atoms with Crippen molar-refractivity contribution in [3.63, 3.8) is 0 Å². The van der Waals surface area contributed by atoms with Crippen LogP contribution in [0.25, 0.3) is 11.1 Å². The van der Waals surface area contributed by atoms with Crippen LogP contribution in [0.3, 0.4) is 0 Å². The molecular formula is C74H97FN14O20. The van der Waals surface area contributed by atoms with E-state index >= 15 is 4.39 Å². The molecule has 35 heteroatoms. The number of nitrogens with one attached hydrogen (secondary N) is 10. The van der Waals surface area contributed by atoms with Gasteiger partial charge in [-0.25, -0.2) is 9.37 Å². The number of hydrogen-bond acceptors (Lipinski definition) is 20. The molecule has 0 spiro atoms. The van der Waals surface area contributed by atoms with Gasteiger partial charge in [0, 0.05) is 50.5 Å². The summed E-state index contributed by atoms with van der Waals surface area (Å²) in [6.07, 6.45) is -3.18. The van der Waals surface area contributed by atoms with Crippen molar-refractivity contribution < 1.29 is 102 Å². The number of hydrogen-bond donors (Lipinski definition) is 17. The van der Waals surface area contributed by atoms with Gasteiger partial charge < -0.3 is 104 Å². The second-order valence-corrected chi connectivity index (χ2v) is 27.1. The molecule has 1 fully saturated rings. The highest BCUT2D eigenvalue weighted by Gasteiger charge is 2.48. The number of likely N-dealkylation sites (tertiary alicyclic amines) is 1. The van der Waals surface area contributed by atoms with Crippen LogP contribution >= 0.6 is 0 Å². The van der Waals surface area contributed by atoms with Crippen molar-refractivity contribution >= 4 is 76.9 Å². The number of aromatic amines is 1. The molecule has 109 heavy (non-hydrogen) atoms. The molecule has 1 saturated heterocycles. The highest BCUT2D eigenvalue weighted by Crippen LogP contribution is 2.32. The number of aryl methyl sites for hydroxylation is 3. The summed E-state index contributed by atoms with van der Waals surface area (Å²) in [5.41, 5.74) is 13.2. The number of imidazole rings is 1. The molecule has 6 rings (SSSR count). The lowest BCUT2D eigenvalue weighted by molar-refractivity contribution is -0.146. The minimum absolute atomic E-state index is 0.0532. The number of nitrogens with zero attached hydrogens (tertiary/aromatic N) is 2. The van der Waals surface area contributed by atoms with Crippen LogP contribution in [0.5, 0.6) is 11.5 Å². The highest BCUT2D eigenvalue weighted by atomic mass is 19.1. The predicted octanol–water partition coefficient (Wildman–Crippen LogP) is -1.43. The Morgan fingerprint density at radius 2 is 1.37 bits per heavy atom. The van der Waals surface area contributed by atoms with Gasteiger partial charge in [0.1, 0.15) is 70.7 Å². The summed E-state index contributed by atoms with van der Waals surface area (Å²) in [6, 6.07) is 8.74. The predicted molar refractivity (Wildman–Crippen MR) is 389 cm³/mol. The van der Waals surface area contributed by atoms with E-state index in [4.69, 9.17) is 20.9 Å². The summed E-state index contributed by atoms with van der Waals surface area (Å²) >= 11 is 0. The zero-order valence-electron chi connectivity index (χ0n) is 61.7. The molecule has 34 nitrogen and oxygen atoms in total. The maximum Gasteiger partial charge on any atom is 0.305 e. The van der Waals surface area contributed by atoms with Crippen molar-refractivity contribution in [3.8, 4) is 22.6 Å². The number of H-pyrrole nitrogens is 1. The van der Waals surface area contributed by atoms with Crippen LogP contribution < -0.4 is 68.8 Å². The van der Waals surface area contributed by atoms with Crippen LogP contribution in [-0.4, -0.2) is 222 Å². The van der Waals surface area contributed by atoms with Gasteiger partial charge in [-0.3, -0.25) is 62.3 Å². The Bertz CT molecular complexity index is 4090. The molecular weight excluding hydrogens is 1420 g/mol. The molecule has 11 amide bonds. The molecule has 1 aromatic heterocycles. The molecule has 1 aliphatic rings. The number of primary amides is 1. The summed E-state index contributed by atoms with van der Waals surface area (Å²) in [4.78, 5) is 186. The fraction of sp³-hybridized carbons (Fsp3) is 0.459. The number of aromatic nitrogens is 2. The van der Waals surface area contributed by atoms with Gasteiger partial charge in [-0.2, -0.15) is 0 Å². The molecule has 5 aromatic rings. The number of carbonyl (C=O) groups excluding carboxylic acids is 11. The Morgan fingerprint density at radius 3 is 1.97 bits per heavy atom. The Labute approximate surface area is 627 Å². The van der Waals surface area contributed by atoms with Crippen molar-refractivity contribution in [3.05, 3.63) is 137 Å². The number of rotatable bonds is 41. The fourth-order valence-corrected chi connectivity index (χ4v) is 12.2. The van der Waals surface area contributed by atoms with Gasteiger partial charge in [-0.15, -0.1) is 0 Å². The van der Waals surface area contributed by atoms with Crippen LogP contribution in [0.2, 0.25) is 0 Å². The van der Waals surface area contributed by atoms with Gasteiger partial charge in [0.25, 0.3) is 0 Å². The first-order valence-corrected chi connectivity index (χ1v) is 35.2. The molecule has 12 atom stereocenters. The van der Waals surface area contributed by atoms with Crippen LogP contribution in [0.4, 0.5) is 4.39 Å². The van der Waals surface area contributed by atoms with E-state index in [-0.39, 0.29) is 44.4 Å². The molecule has 0 saturated carbocycles. The largest absolute Gasteiger partial charge is 0.497 e. The average molecular weight is 1520 g/mol. The molecule has 0 unspecified atom stereocenters. The number of carboxylic acids is 2. The fourth-order valence-electron chi connectivity index (χ4n) is 12.2. The number of methoxy groups -OCH3 is 1. The average Bonchev–Trinajstić information content (AvgIpc) is 1.65. The van der Waals surface area contributed by atoms with E-state index in [0.717, 1.165) is 54.7 Å². The van der Waals surface area contributed by atoms with Crippen molar-refractivity contribution in [2.24, 2.45) is 11.5 Å². The number of amides is 11. The molecule has 4 aromatic carbocycles. The second kappa shape index (κ2) is 40.0. The van der Waals surface area contributed by atoms with Crippen LogP contribution in [0.15, 0.2) is 97.5 Å². The number of benzene rings is 4. The number of ether oxygens (including phenoxy) is 2. The summed E-state index contributed by atoms with van der Waals surface area (Å²) in [7, 11) is 1.54. The Kier molecular flexibility index (Phi) is 31.7. The van der Waals surface area contributed by atoms with Gasteiger partial charge in [0.15, 0.2) is 0 Å². The van der Waals surface area contributed by atoms with Crippen LogP contribution in [-0.2, 0) is 88.0 Å². The normalized spacial score (nSPS) is 16.5. The maximum atomic E-state index is 15.5. The highest BCUT2D eigenvalue weighted by molar-refractivity contribution is 6.01. The molecule has 0 radical (unpaired) electrons. The molecule has 0 aliphatic carbocycles. The van der Waals surface area contributed by atoms with Crippen molar-refractivity contribution in [2.45, 2.75) is 184 Å². The van der Waals surface area contributed by atoms with Crippen molar-refractivity contribution in [2.75, 3.05) is 33.4 Å². The quantitative estimate of drug-likeness (QED) is 0.0213. The first-order chi connectivity index (χ1) is 51.5. The van der Waals surface area contributed by atoms with Crippen LogP contribution in [0, 0.1) is 19.7 Å². The second-order valence-electron chi connectivity index (χ2n) is 27.1. The number of aliphatic hydroxyl groups is 3. The standard InChI is InChI=1S/C74H97FN14O20/c1-9-44-31-48(108-8)20-21-49(44)45-18-16-43(17-19-45)30-54(65(100)81-52(63(77)98)25-28-109-57-23-15-39(2)29-40(57)3)82-66(101)55(33-60(96)97)83-67(102)56(37-90)84-68(103)61(41(4)91)87-71(106)73(6,34-46-13-10-11-14-50(46)75)88-69(104)62(42(5)92)86-58(93)36-79-64(99)53(22-24-59(94)95)85-72(107)74(7)26-12-27-89(74)70(105)51(76)32-47-35-78-38-80-47/h10-11,13-21,23,29,31,35,38,41-42,51-56,61-62,90-92H,9,12,22,24-28,30,32-34,36-37,76H2,1-8H3,(H2,77,98)(H,78,80)(H,79,99)(H,81,100)(H,82,101)(H,83,102)(H,84,103)(H,85,107)(H,86,93)(H,87,106)(H,88,104)(H,94,95)(H,96,97)/t41-,42-,51+,52+,53+,54+,55+,56+,61+,62+,73+,74+/m1/s1. The lowest BCUT2D eigenvalue weighted by atomic mass is 9.90. The van der Waals surface area contributed by atoms with E-state index < -0.39 is 193 Å². The number of halogens is 1. The number of carbonyl (C=O) groups is 13. The zero-order valence-corrected chi connectivity index (χ0v) is 61.7. The molecule has 590 valence electrons. The summed E-state index contributed by atoms with van der Waals surface area (Å²) < 4.78 is 26.8. The van der Waals surface area contributed by atoms with E-state index in [2.05, 4.69) is 57.8 Å². The Balaban J connectivity index is 1.16. The summed E-state index contributed by atoms with van der Waals surface area (Å²) in [5.74, 6) is -15.2. The smallest absolute Gasteiger partial charge is 0.305 e. The first kappa shape index (κ1) is 86.5. The summed E-state index contributed by atoms with van der Waals surface area (Å²) in [6.45, 7) is 7.97. The van der Waals surface area contributed by atoms with Crippen molar-refractivity contribution in [1.29, 1.82) is 0 Å². The van der Waals surface area contributed by atoms with Gasteiger partial charge in [0.2, 0.25) is 65.0 Å². The van der Waals surface area contributed by atoms with Gasteiger partial charge in [-0.05, 0) is 125 Å². The molecule has 1 aliphatic heterocycles. The third-order valence-corrected chi connectivity index (χ3v) is 18.4. The number of carboxylic acid groups (broad SMARTS) is 2. The minimum Gasteiger partial charge on any atom is -0.497 e. The zero-order chi connectivity index (χ0) is 80.6. The lowest BCUT2D eigenvalue weighted by Gasteiger charge is -2.36. The minimum atomic E-state index is -2.43. The SMILES string of the molecule is CCc1cc(OC)ccc1-c1ccc(C[C@H](NC(=O)[C@H](CC(=O)O)NC(=O)[C@H](CO)NC(=O)[C@@H](NC(=O)[C@](C)(Cc2ccccc2F)NC(=O)[C@@H](NC(=O)CNC(=O)[C@H](CCC(=O)O)NC(=O)[C@]2(C)CCCN2C(=O)[C@@H](N)Cc2cnc[nH]2)[C@@H](C)O)[C@@H](C)O)C(=O)N[C@@H](CCOc2ccc(C)cc2C)C(N)=O)cc1. The van der Waals surface area contributed by atoms with E-state index in [9.17, 15) is 87.9 Å².